The van der Waals surface area contributed by atoms with Gasteiger partial charge in [-0.1, -0.05) is 18.2 Å². The molecule has 7 heteroatoms. The van der Waals surface area contributed by atoms with Gasteiger partial charge in [0.15, 0.2) is 0 Å². The van der Waals surface area contributed by atoms with Gasteiger partial charge in [0, 0.05) is 19.7 Å². The minimum Gasteiger partial charge on any atom is -0.307 e. The number of amides is 5. The summed E-state index contributed by atoms with van der Waals surface area (Å²) < 4.78 is 0. The van der Waals surface area contributed by atoms with E-state index in [1.807, 2.05) is 0 Å². The predicted octanol–water partition coefficient (Wildman–Crippen LogP) is 0.498. The molecule has 98 valence electrons. The lowest BCUT2D eigenvalue weighted by Crippen LogP contribution is -2.62. The minimum atomic E-state index is -1.42. The van der Waals surface area contributed by atoms with Crippen molar-refractivity contribution in [3.63, 3.8) is 0 Å². The molecule has 0 aromatic heterocycles. The monoisotopic (exact) mass is 260 g/mol. The van der Waals surface area contributed by atoms with Crippen LogP contribution in [-0.2, 0) is 10.5 Å². The molecule has 1 atom stereocenters. The van der Waals surface area contributed by atoms with Gasteiger partial charge >= 0.3 is 12.1 Å². The Morgan fingerprint density at radius 3 is 2.16 bits per heavy atom. The molecule has 0 radical (unpaired) electrons. The largest absolute Gasteiger partial charge is 0.326 e. The first-order chi connectivity index (χ1) is 8.99. The van der Waals surface area contributed by atoms with Crippen molar-refractivity contribution in [2.75, 3.05) is 19.4 Å². The van der Waals surface area contributed by atoms with E-state index >= 15 is 0 Å². The highest BCUT2D eigenvalue weighted by atomic mass is 16.2. The Morgan fingerprint density at radius 2 is 1.53 bits per heavy atom. The molecule has 19 heavy (non-hydrogen) atoms. The Kier molecular flexibility index (Phi) is 2.10. The molecule has 1 saturated heterocycles. The van der Waals surface area contributed by atoms with Gasteiger partial charge in [-0.2, -0.15) is 0 Å². The number of hydrogen-bond acceptors (Lipinski definition) is 3. The molecule has 1 aromatic carbocycles. The number of likely N-dealkylation sites (N-methyl/N-ethyl adjacent to an activating group) is 2. The van der Waals surface area contributed by atoms with Gasteiger partial charge in [0.2, 0.25) is 5.66 Å². The molecule has 0 aliphatic carbocycles. The summed E-state index contributed by atoms with van der Waals surface area (Å²) >= 11 is 0. The summed E-state index contributed by atoms with van der Waals surface area (Å²) in [5.41, 5.74) is -0.319. The number of carbonyl (C=O) groups excluding carboxylic acids is 3. The molecule has 2 aliphatic heterocycles. The van der Waals surface area contributed by atoms with Gasteiger partial charge in [-0.05, 0) is 6.07 Å². The van der Waals surface area contributed by atoms with Gasteiger partial charge in [-0.15, -0.1) is 0 Å². The fourth-order valence-corrected chi connectivity index (χ4v) is 2.67. The molecule has 1 aromatic rings. The van der Waals surface area contributed by atoms with Gasteiger partial charge in [0.25, 0.3) is 5.91 Å². The van der Waals surface area contributed by atoms with Gasteiger partial charge < -0.3 is 5.32 Å². The number of imide groups is 1. The van der Waals surface area contributed by atoms with Crippen LogP contribution < -0.4 is 10.6 Å². The van der Waals surface area contributed by atoms with Crippen LogP contribution in [0.1, 0.15) is 5.56 Å². The Hall–Kier alpha value is -2.57. The second-order valence-electron chi connectivity index (χ2n) is 4.53. The smallest absolute Gasteiger partial charge is 0.307 e. The summed E-state index contributed by atoms with van der Waals surface area (Å²) in [5, 5.41) is 4.93. The van der Waals surface area contributed by atoms with E-state index in [2.05, 4.69) is 10.6 Å². The van der Waals surface area contributed by atoms with Crippen LogP contribution in [0.2, 0.25) is 0 Å². The summed E-state index contributed by atoms with van der Waals surface area (Å²) in [6, 6.07) is 5.98. The van der Waals surface area contributed by atoms with Crippen molar-refractivity contribution in [2.24, 2.45) is 0 Å². The molecule has 1 spiro atoms. The van der Waals surface area contributed by atoms with Crippen LogP contribution in [0.25, 0.3) is 0 Å². The normalized spacial score (nSPS) is 25.5. The number of carbonyl (C=O) groups is 3. The van der Waals surface area contributed by atoms with Crippen LogP contribution in [0.3, 0.4) is 0 Å². The molecule has 1 unspecified atom stereocenters. The molecular formula is C12H12N4O3. The van der Waals surface area contributed by atoms with Gasteiger partial charge in [-0.3, -0.25) is 19.9 Å². The lowest BCUT2D eigenvalue weighted by atomic mass is 9.93. The molecule has 7 nitrogen and oxygen atoms in total. The summed E-state index contributed by atoms with van der Waals surface area (Å²) in [6.07, 6.45) is 0. The Balaban J connectivity index is 2.32. The van der Waals surface area contributed by atoms with E-state index in [4.69, 9.17) is 0 Å². The first-order valence-corrected chi connectivity index (χ1v) is 5.73. The number of para-hydroxylation sites is 1. The average Bonchev–Trinajstić information content (AvgIpc) is 2.60. The fraction of sp³-hybridized carbons (Fsp3) is 0.250. The van der Waals surface area contributed by atoms with Crippen molar-refractivity contribution in [3.8, 4) is 0 Å². The number of rotatable bonds is 0. The summed E-state index contributed by atoms with van der Waals surface area (Å²) in [4.78, 5) is 38.5. The second kappa shape index (κ2) is 3.47. The van der Waals surface area contributed by atoms with Crippen molar-refractivity contribution in [1.82, 2.24) is 15.1 Å². The minimum absolute atomic E-state index is 0.435. The van der Waals surface area contributed by atoms with E-state index < -0.39 is 23.6 Å². The van der Waals surface area contributed by atoms with Gasteiger partial charge in [0.05, 0.1) is 5.69 Å². The average molecular weight is 260 g/mol. The van der Waals surface area contributed by atoms with E-state index in [0.717, 1.165) is 0 Å². The number of benzene rings is 1. The van der Waals surface area contributed by atoms with Crippen molar-refractivity contribution >= 4 is 23.7 Å². The molecule has 0 bridgehead atoms. The molecule has 1 fully saturated rings. The van der Waals surface area contributed by atoms with Gasteiger partial charge in [-0.25, -0.2) is 9.59 Å². The number of hydrogen-bond donors (Lipinski definition) is 2. The third-order valence-corrected chi connectivity index (χ3v) is 3.66. The molecule has 5 amide bonds. The number of urea groups is 2. The van der Waals surface area contributed by atoms with Crippen molar-refractivity contribution in [2.45, 2.75) is 5.66 Å². The van der Waals surface area contributed by atoms with E-state index in [-0.39, 0.29) is 0 Å². The van der Waals surface area contributed by atoms with E-state index in [9.17, 15) is 14.4 Å². The maximum Gasteiger partial charge on any atom is 0.326 e. The highest BCUT2D eigenvalue weighted by Gasteiger charge is 2.59. The van der Waals surface area contributed by atoms with Crippen LogP contribution in [0.4, 0.5) is 15.3 Å². The zero-order chi connectivity index (χ0) is 13.8. The second-order valence-corrected chi connectivity index (χ2v) is 4.53. The zero-order valence-corrected chi connectivity index (χ0v) is 10.4. The highest BCUT2D eigenvalue weighted by Crippen LogP contribution is 2.41. The molecule has 2 heterocycles. The first-order valence-electron chi connectivity index (χ1n) is 5.73. The first kappa shape index (κ1) is 11.5. The lowest BCUT2D eigenvalue weighted by Gasteiger charge is -2.44. The topological polar surface area (TPSA) is 81.8 Å². The van der Waals surface area contributed by atoms with Crippen molar-refractivity contribution in [3.05, 3.63) is 29.8 Å². The standard InChI is InChI=1S/C12H12N4O3/c1-15-10(18)13-8-6-4-3-5-7(8)12(15)9(17)14-11(19)16(12)2/h3-6H,1-2H3,(H,13,18)(H,14,17,19). The number of fused-ring (bicyclic) bond motifs is 2. The van der Waals surface area contributed by atoms with Crippen LogP contribution in [0, 0.1) is 0 Å². The fourth-order valence-electron chi connectivity index (χ4n) is 2.67. The molecule has 3 rings (SSSR count). The number of anilines is 1. The Bertz CT molecular complexity index is 615. The Labute approximate surface area is 109 Å². The predicted molar refractivity (Wildman–Crippen MR) is 66.2 cm³/mol. The number of nitrogens with one attached hydrogen (secondary N) is 2. The molecular weight excluding hydrogens is 248 g/mol. The quantitative estimate of drug-likeness (QED) is 0.666. The molecule has 2 N–H and O–H groups in total. The van der Waals surface area contributed by atoms with E-state index in [1.54, 1.807) is 24.3 Å². The van der Waals surface area contributed by atoms with Crippen molar-refractivity contribution in [1.29, 1.82) is 0 Å². The van der Waals surface area contributed by atoms with Crippen LogP contribution >= 0.6 is 0 Å². The SMILES string of the molecule is CN1C(=O)NC(=O)C12c1ccccc1NC(=O)N2C. The van der Waals surface area contributed by atoms with E-state index in [1.165, 1.54) is 23.9 Å². The maximum atomic E-state index is 12.3. The number of nitrogens with zero attached hydrogens (tertiary/aromatic N) is 2. The third kappa shape index (κ3) is 1.19. The maximum absolute atomic E-state index is 12.3. The van der Waals surface area contributed by atoms with Crippen LogP contribution in [-0.4, -0.2) is 41.9 Å². The van der Waals surface area contributed by atoms with Crippen LogP contribution in [0.5, 0.6) is 0 Å². The summed E-state index contributed by atoms with van der Waals surface area (Å²) in [7, 11) is 2.98. The lowest BCUT2D eigenvalue weighted by molar-refractivity contribution is -0.133. The summed E-state index contributed by atoms with van der Waals surface area (Å²) in [6.45, 7) is 0. The van der Waals surface area contributed by atoms with Crippen molar-refractivity contribution < 1.29 is 14.4 Å². The zero-order valence-electron chi connectivity index (χ0n) is 10.4. The van der Waals surface area contributed by atoms with Crippen LogP contribution in [0.15, 0.2) is 24.3 Å². The highest BCUT2D eigenvalue weighted by molar-refractivity contribution is 6.11. The van der Waals surface area contributed by atoms with E-state index in [0.29, 0.717) is 11.3 Å². The Morgan fingerprint density at radius 1 is 0.947 bits per heavy atom. The molecule has 0 saturated carbocycles. The molecule has 2 aliphatic rings. The third-order valence-electron chi connectivity index (χ3n) is 3.66. The van der Waals surface area contributed by atoms with Gasteiger partial charge in [0.1, 0.15) is 0 Å². The summed E-state index contributed by atoms with van der Waals surface area (Å²) in [5.74, 6) is -0.523.